The summed E-state index contributed by atoms with van der Waals surface area (Å²) in [6, 6.07) is 8.68. The van der Waals surface area contributed by atoms with E-state index < -0.39 is 0 Å². The van der Waals surface area contributed by atoms with Gasteiger partial charge in [0.25, 0.3) is 0 Å². The molecular weight excluding hydrogens is 258 g/mol. The molecule has 3 nitrogen and oxygen atoms in total. The maximum atomic E-state index is 5.90. The molecule has 0 amide bonds. The van der Waals surface area contributed by atoms with Crippen LogP contribution in [0.1, 0.15) is 44.1 Å². The van der Waals surface area contributed by atoms with Gasteiger partial charge in [-0.2, -0.15) is 0 Å². The second-order valence-electron chi connectivity index (χ2n) is 5.04. The molecule has 0 fully saturated rings. The Hall–Kier alpha value is -1.32. The van der Waals surface area contributed by atoms with E-state index >= 15 is 0 Å². The molecule has 0 radical (unpaired) electrons. The summed E-state index contributed by atoms with van der Waals surface area (Å²) in [4.78, 5) is 4.21. The number of halogens is 1. The molecule has 1 heterocycles. The lowest BCUT2D eigenvalue weighted by Crippen LogP contribution is -2.20. The van der Waals surface area contributed by atoms with Crippen LogP contribution in [-0.4, -0.2) is 9.55 Å². The van der Waals surface area contributed by atoms with Gasteiger partial charge in [0, 0.05) is 29.8 Å². The minimum Gasteiger partial charge on any atom is -0.331 e. The predicted octanol–water partition coefficient (Wildman–Crippen LogP) is 3.97. The quantitative estimate of drug-likeness (QED) is 0.896. The molecule has 0 aliphatic rings. The molecule has 0 saturated carbocycles. The monoisotopic (exact) mass is 277 g/mol. The van der Waals surface area contributed by atoms with Crippen molar-refractivity contribution in [3.05, 3.63) is 53.1 Å². The first-order chi connectivity index (χ1) is 9.08. The highest BCUT2D eigenvalue weighted by atomic mass is 35.5. The summed E-state index contributed by atoms with van der Waals surface area (Å²) in [5, 5.41) is 4.28. The van der Waals surface area contributed by atoms with E-state index in [0.717, 1.165) is 11.6 Å². The Balaban J connectivity index is 1.98. The fourth-order valence-electron chi connectivity index (χ4n) is 2.06. The van der Waals surface area contributed by atoms with Gasteiger partial charge in [-0.1, -0.05) is 23.7 Å². The van der Waals surface area contributed by atoms with E-state index in [-0.39, 0.29) is 6.04 Å². The summed E-state index contributed by atoms with van der Waals surface area (Å²) in [5.41, 5.74) is 2.44. The summed E-state index contributed by atoms with van der Waals surface area (Å²) in [6.45, 7) is 7.28. The Bertz CT molecular complexity index is 516. The van der Waals surface area contributed by atoms with Crippen molar-refractivity contribution in [2.45, 2.75) is 39.4 Å². The SMILES string of the molecule is CC(C)n1cncc1CN[C@H](C)c1ccc(Cl)cc1. The third-order valence-electron chi connectivity index (χ3n) is 3.26. The molecule has 0 spiro atoms. The van der Waals surface area contributed by atoms with E-state index in [1.54, 1.807) is 0 Å². The van der Waals surface area contributed by atoms with Crippen LogP contribution in [-0.2, 0) is 6.54 Å². The molecule has 102 valence electrons. The van der Waals surface area contributed by atoms with Crippen molar-refractivity contribution in [2.75, 3.05) is 0 Å². The van der Waals surface area contributed by atoms with Crippen LogP contribution in [0.5, 0.6) is 0 Å². The van der Waals surface area contributed by atoms with E-state index in [1.807, 2.05) is 24.7 Å². The highest BCUT2D eigenvalue weighted by molar-refractivity contribution is 6.30. The van der Waals surface area contributed by atoms with Crippen molar-refractivity contribution < 1.29 is 0 Å². The van der Waals surface area contributed by atoms with Gasteiger partial charge in [-0.15, -0.1) is 0 Å². The van der Waals surface area contributed by atoms with Gasteiger partial charge in [-0.3, -0.25) is 0 Å². The molecule has 1 aromatic heterocycles. The molecule has 0 bridgehead atoms. The highest BCUT2D eigenvalue weighted by Gasteiger charge is 2.08. The lowest BCUT2D eigenvalue weighted by atomic mass is 10.1. The standard InChI is InChI=1S/C15H20ClN3/c1-11(2)19-10-17-8-15(19)9-18-12(3)13-4-6-14(16)7-5-13/h4-8,10-12,18H,9H2,1-3H3/t12-/m1/s1. The number of imidazole rings is 1. The maximum Gasteiger partial charge on any atom is 0.0951 e. The zero-order valence-corrected chi connectivity index (χ0v) is 12.4. The van der Waals surface area contributed by atoms with Crippen LogP contribution in [0.4, 0.5) is 0 Å². The Labute approximate surface area is 119 Å². The van der Waals surface area contributed by atoms with Crippen molar-refractivity contribution in [1.29, 1.82) is 0 Å². The number of nitrogens with one attached hydrogen (secondary N) is 1. The van der Waals surface area contributed by atoms with Crippen molar-refractivity contribution in [1.82, 2.24) is 14.9 Å². The van der Waals surface area contributed by atoms with Crippen LogP contribution in [0.25, 0.3) is 0 Å². The number of hydrogen-bond acceptors (Lipinski definition) is 2. The summed E-state index contributed by atoms with van der Waals surface area (Å²) in [5.74, 6) is 0. The molecule has 1 N–H and O–H groups in total. The van der Waals surface area contributed by atoms with Gasteiger partial charge in [0.2, 0.25) is 0 Å². The summed E-state index contributed by atoms with van der Waals surface area (Å²) in [7, 11) is 0. The van der Waals surface area contributed by atoms with Crippen molar-refractivity contribution in [3.8, 4) is 0 Å². The van der Waals surface area contributed by atoms with Gasteiger partial charge >= 0.3 is 0 Å². The Kier molecular flexibility index (Phi) is 4.61. The minimum absolute atomic E-state index is 0.285. The third kappa shape index (κ3) is 3.58. The zero-order chi connectivity index (χ0) is 13.8. The van der Waals surface area contributed by atoms with Gasteiger partial charge < -0.3 is 9.88 Å². The smallest absolute Gasteiger partial charge is 0.0951 e. The van der Waals surface area contributed by atoms with Crippen LogP contribution in [0.15, 0.2) is 36.8 Å². The lowest BCUT2D eigenvalue weighted by molar-refractivity contribution is 0.518. The van der Waals surface area contributed by atoms with Gasteiger partial charge in [-0.25, -0.2) is 4.98 Å². The highest BCUT2D eigenvalue weighted by Crippen LogP contribution is 2.17. The van der Waals surface area contributed by atoms with Gasteiger partial charge in [0.1, 0.15) is 0 Å². The lowest BCUT2D eigenvalue weighted by Gasteiger charge is -2.16. The van der Waals surface area contributed by atoms with Crippen LogP contribution in [0.2, 0.25) is 5.02 Å². The van der Waals surface area contributed by atoms with E-state index in [4.69, 9.17) is 11.6 Å². The fourth-order valence-corrected chi connectivity index (χ4v) is 2.19. The Morgan fingerprint density at radius 2 is 1.89 bits per heavy atom. The largest absolute Gasteiger partial charge is 0.331 e. The molecule has 4 heteroatoms. The number of aromatic nitrogens is 2. The molecule has 1 atom stereocenters. The normalized spacial score (nSPS) is 12.9. The Morgan fingerprint density at radius 1 is 1.21 bits per heavy atom. The zero-order valence-electron chi connectivity index (χ0n) is 11.6. The summed E-state index contributed by atoms with van der Waals surface area (Å²) < 4.78 is 2.18. The average molecular weight is 278 g/mol. The van der Waals surface area contributed by atoms with Crippen LogP contribution >= 0.6 is 11.6 Å². The second-order valence-corrected chi connectivity index (χ2v) is 5.48. The molecule has 0 unspecified atom stereocenters. The Morgan fingerprint density at radius 3 is 2.53 bits per heavy atom. The van der Waals surface area contributed by atoms with Crippen molar-refractivity contribution >= 4 is 11.6 Å². The van der Waals surface area contributed by atoms with Crippen LogP contribution < -0.4 is 5.32 Å². The first kappa shape index (κ1) is 14.1. The number of benzene rings is 1. The summed E-state index contributed by atoms with van der Waals surface area (Å²) in [6.07, 6.45) is 3.80. The average Bonchev–Trinajstić information content (AvgIpc) is 2.85. The van der Waals surface area contributed by atoms with Gasteiger partial charge in [0.05, 0.1) is 12.0 Å². The molecule has 0 saturated heterocycles. The fraction of sp³-hybridized carbons (Fsp3) is 0.400. The van der Waals surface area contributed by atoms with Crippen LogP contribution in [0.3, 0.4) is 0 Å². The number of rotatable bonds is 5. The van der Waals surface area contributed by atoms with E-state index in [1.165, 1.54) is 11.3 Å². The number of hydrogen-bond donors (Lipinski definition) is 1. The van der Waals surface area contributed by atoms with Crippen molar-refractivity contribution in [2.24, 2.45) is 0 Å². The maximum absolute atomic E-state index is 5.90. The second kappa shape index (κ2) is 6.22. The first-order valence-electron chi connectivity index (χ1n) is 6.57. The van der Waals surface area contributed by atoms with E-state index in [2.05, 4.69) is 47.8 Å². The van der Waals surface area contributed by atoms with E-state index in [9.17, 15) is 0 Å². The number of nitrogens with zero attached hydrogens (tertiary/aromatic N) is 2. The molecule has 1 aromatic carbocycles. The van der Waals surface area contributed by atoms with Gasteiger partial charge in [-0.05, 0) is 38.5 Å². The molecule has 2 aromatic rings. The first-order valence-corrected chi connectivity index (χ1v) is 6.95. The van der Waals surface area contributed by atoms with E-state index in [0.29, 0.717) is 6.04 Å². The van der Waals surface area contributed by atoms with Gasteiger partial charge in [0.15, 0.2) is 0 Å². The molecule has 0 aliphatic heterocycles. The summed E-state index contributed by atoms with van der Waals surface area (Å²) >= 11 is 5.90. The van der Waals surface area contributed by atoms with Crippen LogP contribution in [0, 0.1) is 0 Å². The predicted molar refractivity (Wildman–Crippen MR) is 79.3 cm³/mol. The molecule has 2 rings (SSSR count). The topological polar surface area (TPSA) is 29.9 Å². The molecule has 0 aliphatic carbocycles. The molecular formula is C15H20ClN3. The molecule has 19 heavy (non-hydrogen) atoms. The third-order valence-corrected chi connectivity index (χ3v) is 3.51. The van der Waals surface area contributed by atoms with Crippen molar-refractivity contribution in [3.63, 3.8) is 0 Å². The minimum atomic E-state index is 0.285.